The molecular weight excluding hydrogens is 478 g/mol. The fourth-order valence-corrected chi connectivity index (χ4v) is 4.78. The molecule has 2 aromatic heterocycles. The fraction of sp³-hybridized carbons (Fsp3) is 0.100. The van der Waals surface area contributed by atoms with Crippen molar-refractivity contribution in [3.63, 3.8) is 0 Å². The van der Waals surface area contributed by atoms with E-state index in [0.717, 1.165) is 39.3 Å². The maximum Gasteiger partial charge on any atom is 0.280 e. The van der Waals surface area contributed by atoms with Crippen LogP contribution in [0.4, 0.5) is 5.82 Å². The summed E-state index contributed by atoms with van der Waals surface area (Å²) in [6, 6.07) is 29.2. The molecule has 8 heteroatoms. The molecule has 0 saturated carbocycles. The van der Waals surface area contributed by atoms with E-state index in [1.807, 2.05) is 84.9 Å². The topological polar surface area (TPSA) is 94.1 Å². The van der Waals surface area contributed by atoms with E-state index >= 15 is 0 Å². The quantitative estimate of drug-likeness (QED) is 0.297. The maximum atomic E-state index is 14.2. The Morgan fingerprint density at radius 1 is 0.842 bits per heavy atom. The SMILES string of the molecule is COc1ccc(C2=C(Nc3cc(OC)n[nH]3)Cc3c(-c4ccccc4)c(-c4ccccc4)nn3C2=O)cc1. The molecular formula is C30H25N5O3. The van der Waals surface area contributed by atoms with Crippen molar-refractivity contribution in [2.75, 3.05) is 19.5 Å². The number of hydrogen-bond acceptors (Lipinski definition) is 6. The minimum Gasteiger partial charge on any atom is -0.497 e. The number of rotatable bonds is 7. The van der Waals surface area contributed by atoms with Gasteiger partial charge in [0, 0.05) is 29.3 Å². The second-order valence-electron chi connectivity index (χ2n) is 8.83. The predicted octanol–water partition coefficient (Wildman–Crippen LogP) is 5.68. The monoisotopic (exact) mass is 503 g/mol. The van der Waals surface area contributed by atoms with Gasteiger partial charge < -0.3 is 14.8 Å². The summed E-state index contributed by atoms with van der Waals surface area (Å²) >= 11 is 0. The Kier molecular flexibility index (Phi) is 5.97. The van der Waals surface area contributed by atoms with Crippen molar-refractivity contribution in [1.82, 2.24) is 20.0 Å². The van der Waals surface area contributed by atoms with Crippen molar-refractivity contribution in [2.24, 2.45) is 0 Å². The van der Waals surface area contributed by atoms with Gasteiger partial charge in [-0.1, -0.05) is 72.8 Å². The summed E-state index contributed by atoms with van der Waals surface area (Å²) in [5.41, 5.74) is 6.46. The number of aromatic nitrogens is 4. The zero-order valence-electron chi connectivity index (χ0n) is 20.9. The zero-order valence-corrected chi connectivity index (χ0v) is 20.9. The summed E-state index contributed by atoms with van der Waals surface area (Å²) < 4.78 is 12.1. The van der Waals surface area contributed by atoms with Crippen molar-refractivity contribution < 1.29 is 14.3 Å². The van der Waals surface area contributed by atoms with Crippen LogP contribution in [0.3, 0.4) is 0 Å². The Morgan fingerprint density at radius 3 is 2.16 bits per heavy atom. The lowest BCUT2D eigenvalue weighted by Crippen LogP contribution is -2.26. The molecule has 0 aliphatic carbocycles. The normalized spacial score (nSPS) is 12.8. The molecule has 0 bridgehead atoms. The van der Waals surface area contributed by atoms with Crippen molar-refractivity contribution >= 4 is 17.3 Å². The van der Waals surface area contributed by atoms with Gasteiger partial charge in [0.15, 0.2) is 0 Å². The first kappa shape index (κ1) is 23.3. The van der Waals surface area contributed by atoms with Crippen LogP contribution in [0.25, 0.3) is 28.0 Å². The summed E-state index contributed by atoms with van der Waals surface area (Å²) in [5, 5.41) is 15.4. The molecule has 1 aliphatic heterocycles. The largest absolute Gasteiger partial charge is 0.497 e. The van der Waals surface area contributed by atoms with E-state index in [2.05, 4.69) is 15.5 Å². The molecule has 3 heterocycles. The Labute approximate surface area is 219 Å². The average Bonchev–Trinajstić information content (AvgIpc) is 3.59. The number of nitrogens with zero attached hydrogens (tertiary/aromatic N) is 3. The van der Waals surface area contributed by atoms with E-state index in [4.69, 9.17) is 14.6 Å². The molecule has 5 aromatic rings. The highest BCUT2D eigenvalue weighted by Crippen LogP contribution is 2.40. The van der Waals surface area contributed by atoms with Crippen LogP contribution in [0.15, 0.2) is 96.7 Å². The molecule has 0 saturated heterocycles. The molecule has 0 radical (unpaired) electrons. The van der Waals surface area contributed by atoms with Crippen LogP contribution in [0.2, 0.25) is 0 Å². The first-order valence-corrected chi connectivity index (χ1v) is 12.2. The average molecular weight is 504 g/mol. The van der Waals surface area contributed by atoms with Gasteiger partial charge in [-0.25, -0.2) is 0 Å². The van der Waals surface area contributed by atoms with Crippen LogP contribution < -0.4 is 14.8 Å². The number of carbonyl (C=O) groups excluding carboxylic acids is 1. The molecule has 0 spiro atoms. The summed E-state index contributed by atoms with van der Waals surface area (Å²) in [5.74, 6) is 1.56. The molecule has 0 fully saturated rings. The fourth-order valence-electron chi connectivity index (χ4n) is 4.78. The molecule has 188 valence electrons. The van der Waals surface area contributed by atoms with Gasteiger partial charge in [-0.05, 0) is 23.3 Å². The number of aromatic amines is 1. The second kappa shape index (κ2) is 9.74. The molecule has 0 unspecified atom stereocenters. The molecule has 38 heavy (non-hydrogen) atoms. The Balaban J connectivity index is 1.54. The number of ether oxygens (including phenoxy) is 2. The predicted molar refractivity (Wildman–Crippen MR) is 146 cm³/mol. The van der Waals surface area contributed by atoms with Crippen molar-refractivity contribution in [2.45, 2.75) is 6.42 Å². The number of hydrogen-bond donors (Lipinski definition) is 2. The first-order valence-electron chi connectivity index (χ1n) is 12.2. The lowest BCUT2D eigenvalue weighted by atomic mass is 9.92. The third-order valence-corrected chi connectivity index (χ3v) is 6.57. The highest BCUT2D eigenvalue weighted by atomic mass is 16.5. The standard InChI is InChI=1S/C30H25N5O3/c1-37-22-15-13-20(14-16-22)27-23(31-25-18-26(38-2)33-32-25)17-24-28(19-9-5-3-6-10-19)29(34-35(24)30(27)36)21-11-7-4-8-12-21/h3-16,18H,17H2,1-2H3,(H2,31,32,33). The number of benzene rings is 3. The maximum absolute atomic E-state index is 14.2. The molecule has 3 aromatic carbocycles. The molecule has 8 nitrogen and oxygen atoms in total. The third kappa shape index (κ3) is 4.12. The minimum absolute atomic E-state index is 0.218. The summed E-state index contributed by atoms with van der Waals surface area (Å²) in [7, 11) is 3.17. The molecule has 6 rings (SSSR count). The number of methoxy groups -OCH3 is 2. The zero-order chi connectivity index (χ0) is 26.1. The summed E-state index contributed by atoms with van der Waals surface area (Å²) in [6.45, 7) is 0. The lowest BCUT2D eigenvalue weighted by Gasteiger charge is -2.22. The van der Waals surface area contributed by atoms with Gasteiger partial charge in [0.05, 0.1) is 25.5 Å². The van der Waals surface area contributed by atoms with E-state index in [9.17, 15) is 4.79 Å². The van der Waals surface area contributed by atoms with E-state index < -0.39 is 0 Å². The Morgan fingerprint density at radius 2 is 1.53 bits per heavy atom. The highest BCUT2D eigenvalue weighted by Gasteiger charge is 2.33. The van der Waals surface area contributed by atoms with Crippen molar-refractivity contribution in [1.29, 1.82) is 0 Å². The molecule has 0 amide bonds. The third-order valence-electron chi connectivity index (χ3n) is 6.57. The van der Waals surface area contributed by atoms with Gasteiger partial charge in [-0.3, -0.25) is 9.89 Å². The van der Waals surface area contributed by atoms with Gasteiger partial charge >= 0.3 is 0 Å². The molecule has 0 atom stereocenters. The number of fused-ring (bicyclic) bond motifs is 1. The minimum atomic E-state index is -0.218. The van der Waals surface area contributed by atoms with Gasteiger partial charge in [0.25, 0.3) is 5.91 Å². The van der Waals surface area contributed by atoms with E-state index in [0.29, 0.717) is 29.4 Å². The van der Waals surface area contributed by atoms with Crippen LogP contribution in [0.5, 0.6) is 11.6 Å². The molecule has 1 aliphatic rings. The Bertz CT molecular complexity index is 1630. The smallest absolute Gasteiger partial charge is 0.280 e. The van der Waals surface area contributed by atoms with Gasteiger partial charge in [0.1, 0.15) is 17.3 Å². The van der Waals surface area contributed by atoms with E-state index in [1.54, 1.807) is 25.0 Å². The van der Waals surface area contributed by atoms with Gasteiger partial charge in [-0.15, -0.1) is 5.10 Å². The summed E-state index contributed by atoms with van der Waals surface area (Å²) in [4.78, 5) is 14.2. The lowest BCUT2D eigenvalue weighted by molar-refractivity contribution is 0.0958. The van der Waals surface area contributed by atoms with Gasteiger partial charge in [-0.2, -0.15) is 9.78 Å². The van der Waals surface area contributed by atoms with Crippen LogP contribution in [0.1, 0.15) is 16.1 Å². The van der Waals surface area contributed by atoms with E-state index in [-0.39, 0.29) is 5.91 Å². The number of anilines is 1. The number of carbonyl (C=O) groups is 1. The molecule has 2 N–H and O–H groups in total. The van der Waals surface area contributed by atoms with Crippen LogP contribution in [-0.2, 0) is 6.42 Å². The van der Waals surface area contributed by atoms with Gasteiger partial charge in [0.2, 0.25) is 5.88 Å². The Hall–Kier alpha value is -5.11. The number of allylic oxidation sites excluding steroid dienone is 2. The number of H-pyrrole nitrogens is 1. The van der Waals surface area contributed by atoms with Crippen molar-refractivity contribution in [3.8, 4) is 34.0 Å². The number of nitrogens with one attached hydrogen (secondary N) is 2. The van der Waals surface area contributed by atoms with Crippen LogP contribution >= 0.6 is 0 Å². The first-order chi connectivity index (χ1) is 18.7. The van der Waals surface area contributed by atoms with Crippen LogP contribution in [-0.4, -0.2) is 40.1 Å². The van der Waals surface area contributed by atoms with E-state index in [1.165, 1.54) is 0 Å². The van der Waals surface area contributed by atoms with Crippen molar-refractivity contribution in [3.05, 3.63) is 108 Å². The summed E-state index contributed by atoms with van der Waals surface area (Å²) in [6.07, 6.45) is 0.443. The highest BCUT2D eigenvalue weighted by molar-refractivity contribution is 6.23. The van der Waals surface area contributed by atoms with Crippen LogP contribution in [0, 0.1) is 0 Å². The second-order valence-corrected chi connectivity index (χ2v) is 8.83.